The van der Waals surface area contributed by atoms with Crippen LogP contribution in [-0.2, 0) is 12.5 Å². The quantitative estimate of drug-likeness (QED) is 0.706. The van der Waals surface area contributed by atoms with Crippen molar-refractivity contribution in [3.8, 4) is 11.5 Å². The molecule has 0 aliphatic rings. The van der Waals surface area contributed by atoms with Gasteiger partial charge in [0.25, 0.3) is 0 Å². The predicted octanol–water partition coefficient (Wildman–Crippen LogP) is 4.91. The molecule has 0 N–H and O–H groups in total. The average Bonchev–Trinajstić information content (AvgIpc) is 2.46. The molecule has 0 aromatic heterocycles. The zero-order valence-corrected chi connectivity index (χ0v) is 13.2. The highest BCUT2D eigenvalue weighted by Gasteiger charge is 2.11. The summed E-state index contributed by atoms with van der Waals surface area (Å²) in [7, 11) is 1.58. The highest BCUT2D eigenvalue weighted by molar-refractivity contribution is 9.10. The minimum atomic E-state index is -0.292. The van der Waals surface area contributed by atoms with E-state index in [4.69, 9.17) is 21.1 Å². The zero-order valence-electron chi connectivity index (χ0n) is 10.8. The van der Waals surface area contributed by atoms with E-state index in [1.54, 1.807) is 13.2 Å². The number of ether oxygens (including phenoxy) is 2. The van der Waals surface area contributed by atoms with Crippen LogP contribution in [0.15, 0.2) is 40.9 Å². The van der Waals surface area contributed by atoms with Gasteiger partial charge in [0.15, 0.2) is 11.5 Å². The van der Waals surface area contributed by atoms with Gasteiger partial charge in [0, 0.05) is 15.6 Å². The molecule has 0 saturated carbocycles. The minimum Gasteiger partial charge on any atom is -0.493 e. The maximum atomic E-state index is 13.0. The van der Waals surface area contributed by atoms with Crippen LogP contribution in [0.1, 0.15) is 11.1 Å². The lowest BCUT2D eigenvalue weighted by molar-refractivity contribution is 0.281. The van der Waals surface area contributed by atoms with Crippen LogP contribution in [0.2, 0.25) is 0 Å². The standard InChI is InChI=1S/C15H13BrClFO2/c1-19-14-4-2-3-10(8-17)15(14)20-9-11-5-6-12(18)7-13(11)16/h2-7H,8-9H2,1H3. The molecule has 2 rings (SSSR count). The van der Waals surface area contributed by atoms with E-state index in [-0.39, 0.29) is 5.82 Å². The monoisotopic (exact) mass is 358 g/mol. The lowest BCUT2D eigenvalue weighted by atomic mass is 10.2. The Kier molecular flexibility index (Phi) is 5.26. The van der Waals surface area contributed by atoms with Crippen molar-refractivity contribution in [2.45, 2.75) is 12.5 Å². The Bertz CT molecular complexity index is 582. The molecule has 2 aromatic carbocycles. The molecule has 0 bridgehead atoms. The summed E-state index contributed by atoms with van der Waals surface area (Å²) in [6, 6.07) is 10.0. The van der Waals surface area contributed by atoms with E-state index < -0.39 is 0 Å². The van der Waals surface area contributed by atoms with E-state index in [2.05, 4.69) is 15.9 Å². The van der Waals surface area contributed by atoms with Gasteiger partial charge in [0.1, 0.15) is 12.4 Å². The first kappa shape index (κ1) is 15.1. The highest BCUT2D eigenvalue weighted by Crippen LogP contribution is 2.33. The Hall–Kier alpha value is -1.26. The molecule has 20 heavy (non-hydrogen) atoms. The van der Waals surface area contributed by atoms with E-state index in [0.717, 1.165) is 11.1 Å². The number of alkyl halides is 1. The Balaban J connectivity index is 2.22. The van der Waals surface area contributed by atoms with Crippen molar-refractivity contribution in [1.82, 2.24) is 0 Å². The van der Waals surface area contributed by atoms with Gasteiger partial charge < -0.3 is 9.47 Å². The van der Waals surface area contributed by atoms with E-state index in [0.29, 0.717) is 28.5 Å². The van der Waals surface area contributed by atoms with Crippen molar-refractivity contribution in [1.29, 1.82) is 0 Å². The summed E-state index contributed by atoms with van der Waals surface area (Å²) >= 11 is 9.21. The van der Waals surface area contributed by atoms with Gasteiger partial charge in [-0.2, -0.15) is 0 Å². The molecule has 106 valence electrons. The van der Waals surface area contributed by atoms with Crippen LogP contribution in [0.25, 0.3) is 0 Å². The smallest absolute Gasteiger partial charge is 0.166 e. The fourth-order valence-corrected chi connectivity index (χ4v) is 2.46. The maximum absolute atomic E-state index is 13.0. The number of hydrogen-bond donors (Lipinski definition) is 0. The van der Waals surface area contributed by atoms with Gasteiger partial charge in [-0.05, 0) is 18.2 Å². The van der Waals surface area contributed by atoms with Crippen LogP contribution in [0.3, 0.4) is 0 Å². The molecule has 2 aromatic rings. The van der Waals surface area contributed by atoms with Gasteiger partial charge in [-0.3, -0.25) is 0 Å². The van der Waals surface area contributed by atoms with Gasteiger partial charge in [0.05, 0.1) is 13.0 Å². The minimum absolute atomic E-state index is 0.292. The van der Waals surface area contributed by atoms with Crippen LogP contribution >= 0.6 is 27.5 Å². The average molecular weight is 360 g/mol. The van der Waals surface area contributed by atoms with Crippen LogP contribution < -0.4 is 9.47 Å². The van der Waals surface area contributed by atoms with Crippen molar-refractivity contribution in [2.75, 3.05) is 7.11 Å². The Morgan fingerprint density at radius 1 is 1.20 bits per heavy atom. The molecular weight excluding hydrogens is 347 g/mol. The summed E-state index contributed by atoms with van der Waals surface area (Å²) in [4.78, 5) is 0. The van der Waals surface area contributed by atoms with E-state index in [9.17, 15) is 4.39 Å². The molecule has 0 aliphatic heterocycles. The Morgan fingerprint density at radius 2 is 2.00 bits per heavy atom. The van der Waals surface area contributed by atoms with Gasteiger partial charge in [0.2, 0.25) is 0 Å². The second kappa shape index (κ2) is 6.95. The third kappa shape index (κ3) is 3.44. The predicted molar refractivity (Wildman–Crippen MR) is 81.0 cm³/mol. The summed E-state index contributed by atoms with van der Waals surface area (Å²) in [6.45, 7) is 0.297. The third-order valence-corrected chi connectivity index (χ3v) is 3.84. The van der Waals surface area contributed by atoms with Gasteiger partial charge in [-0.25, -0.2) is 4.39 Å². The lowest BCUT2D eigenvalue weighted by Gasteiger charge is -2.14. The van der Waals surface area contributed by atoms with Gasteiger partial charge in [-0.1, -0.05) is 34.1 Å². The number of benzene rings is 2. The second-order valence-electron chi connectivity index (χ2n) is 4.11. The van der Waals surface area contributed by atoms with Crippen molar-refractivity contribution in [2.24, 2.45) is 0 Å². The summed E-state index contributed by atoms with van der Waals surface area (Å²) in [5.74, 6) is 1.28. The normalized spacial score (nSPS) is 10.4. The molecule has 0 heterocycles. The Morgan fingerprint density at radius 3 is 2.65 bits per heavy atom. The fourth-order valence-electron chi connectivity index (χ4n) is 1.78. The van der Waals surface area contributed by atoms with E-state index in [1.807, 2.05) is 18.2 Å². The van der Waals surface area contributed by atoms with Crippen molar-refractivity contribution >= 4 is 27.5 Å². The molecule has 0 amide bonds. The molecule has 0 radical (unpaired) electrons. The fraction of sp³-hybridized carbons (Fsp3) is 0.200. The zero-order chi connectivity index (χ0) is 14.5. The van der Waals surface area contributed by atoms with Crippen molar-refractivity contribution < 1.29 is 13.9 Å². The topological polar surface area (TPSA) is 18.5 Å². The number of rotatable bonds is 5. The van der Waals surface area contributed by atoms with Crippen LogP contribution in [0, 0.1) is 5.82 Å². The first-order valence-electron chi connectivity index (χ1n) is 5.94. The summed E-state index contributed by atoms with van der Waals surface area (Å²) in [5, 5.41) is 0. The van der Waals surface area contributed by atoms with E-state index >= 15 is 0 Å². The molecule has 0 aliphatic carbocycles. The molecule has 0 unspecified atom stereocenters. The maximum Gasteiger partial charge on any atom is 0.166 e. The lowest BCUT2D eigenvalue weighted by Crippen LogP contribution is -2.01. The molecule has 0 fully saturated rings. The Labute approximate surface area is 130 Å². The van der Waals surface area contributed by atoms with Crippen LogP contribution in [0.5, 0.6) is 11.5 Å². The van der Waals surface area contributed by atoms with Crippen LogP contribution in [0.4, 0.5) is 4.39 Å². The molecule has 0 saturated heterocycles. The number of halogens is 3. The van der Waals surface area contributed by atoms with Crippen molar-refractivity contribution in [3.63, 3.8) is 0 Å². The van der Waals surface area contributed by atoms with Crippen LogP contribution in [-0.4, -0.2) is 7.11 Å². The van der Waals surface area contributed by atoms with Crippen molar-refractivity contribution in [3.05, 3.63) is 57.8 Å². The van der Waals surface area contributed by atoms with Gasteiger partial charge >= 0.3 is 0 Å². The number of methoxy groups -OCH3 is 1. The van der Waals surface area contributed by atoms with Gasteiger partial charge in [-0.15, -0.1) is 11.6 Å². The summed E-state index contributed by atoms with van der Waals surface area (Å²) in [5.41, 5.74) is 1.70. The second-order valence-corrected chi connectivity index (χ2v) is 5.23. The molecule has 0 spiro atoms. The van der Waals surface area contributed by atoms with E-state index in [1.165, 1.54) is 12.1 Å². The molecule has 0 atom stereocenters. The summed E-state index contributed by atoms with van der Waals surface area (Å²) < 4.78 is 24.8. The molecule has 5 heteroatoms. The number of hydrogen-bond acceptors (Lipinski definition) is 2. The highest BCUT2D eigenvalue weighted by atomic mass is 79.9. The first-order valence-corrected chi connectivity index (χ1v) is 7.27. The largest absolute Gasteiger partial charge is 0.493 e. The summed E-state index contributed by atoms with van der Waals surface area (Å²) in [6.07, 6.45) is 0. The third-order valence-electron chi connectivity index (χ3n) is 2.81. The molecular formula is C15H13BrClFO2. The number of para-hydroxylation sites is 1. The SMILES string of the molecule is COc1cccc(CCl)c1OCc1ccc(F)cc1Br. The first-order chi connectivity index (χ1) is 9.65. The molecule has 2 nitrogen and oxygen atoms in total.